The first-order valence-electron chi connectivity index (χ1n) is 7.48. The summed E-state index contributed by atoms with van der Waals surface area (Å²) in [5.74, 6) is -0.983. The third-order valence-electron chi connectivity index (χ3n) is 4.90. The second-order valence-corrected chi connectivity index (χ2v) is 12.2. The lowest BCUT2D eigenvalue weighted by molar-refractivity contribution is -0.153. The molecule has 1 rings (SSSR count). The smallest absolute Gasteiger partial charge is 0.310 e. The van der Waals surface area contributed by atoms with Crippen molar-refractivity contribution in [1.29, 1.82) is 0 Å². The van der Waals surface area contributed by atoms with E-state index in [0.717, 1.165) is 0 Å². The average molecular weight is 315 g/mol. The number of β-lactam (4-membered cyclic amide) rings is 1. The molecular formula is C15H29NO4Si. The number of esters is 1. The van der Waals surface area contributed by atoms with Crippen molar-refractivity contribution in [2.24, 2.45) is 11.8 Å². The lowest BCUT2D eigenvalue weighted by atomic mass is 9.79. The van der Waals surface area contributed by atoms with E-state index in [1.807, 2.05) is 6.92 Å². The highest BCUT2D eigenvalue weighted by molar-refractivity contribution is 6.74. The van der Waals surface area contributed by atoms with E-state index in [4.69, 9.17) is 9.16 Å². The maximum absolute atomic E-state index is 11.9. The number of carbonyl (C=O) groups excluding carboxylic acids is 2. The van der Waals surface area contributed by atoms with Crippen LogP contribution in [0.4, 0.5) is 0 Å². The molecule has 4 atom stereocenters. The Kier molecular flexibility index (Phi) is 5.26. The lowest BCUT2D eigenvalue weighted by Crippen LogP contribution is -2.66. The fourth-order valence-electron chi connectivity index (χ4n) is 2.41. The van der Waals surface area contributed by atoms with Crippen LogP contribution < -0.4 is 5.32 Å². The zero-order valence-electron chi connectivity index (χ0n) is 14.4. The van der Waals surface area contributed by atoms with Gasteiger partial charge in [0.05, 0.1) is 31.1 Å². The molecule has 0 radical (unpaired) electrons. The van der Waals surface area contributed by atoms with Gasteiger partial charge >= 0.3 is 5.97 Å². The van der Waals surface area contributed by atoms with Crippen LogP contribution in [0.15, 0.2) is 0 Å². The number of carbonyl (C=O) groups is 2. The van der Waals surface area contributed by atoms with Crippen LogP contribution in [0, 0.1) is 11.8 Å². The van der Waals surface area contributed by atoms with E-state index in [0.29, 0.717) is 0 Å². The fourth-order valence-corrected chi connectivity index (χ4v) is 3.84. The minimum absolute atomic E-state index is 0.0398. The zero-order chi connectivity index (χ0) is 16.6. The normalized spacial score (nSPS) is 25.6. The van der Waals surface area contributed by atoms with Gasteiger partial charge in [-0.1, -0.05) is 20.8 Å². The summed E-state index contributed by atoms with van der Waals surface area (Å²) >= 11 is 0. The molecule has 0 unspecified atom stereocenters. The molecule has 0 bridgehead atoms. The maximum atomic E-state index is 11.9. The second-order valence-electron chi connectivity index (χ2n) is 7.46. The van der Waals surface area contributed by atoms with E-state index < -0.39 is 8.32 Å². The van der Waals surface area contributed by atoms with Gasteiger partial charge in [0.15, 0.2) is 8.32 Å². The van der Waals surface area contributed by atoms with Gasteiger partial charge in [-0.05, 0) is 32.0 Å². The second kappa shape index (κ2) is 6.08. The topological polar surface area (TPSA) is 64.6 Å². The predicted octanol–water partition coefficient (Wildman–Crippen LogP) is 2.32. The number of amides is 1. The standard InChI is InChI=1S/C15H29NO4Si/c1-9(14(18)19-6)12-11(13(17)16-12)10(2)20-21(7,8)15(3,4)5/h9-12H,1-8H3,(H,16,17)/t9-,10-,11-,12-/m1/s1. The van der Waals surface area contributed by atoms with Gasteiger partial charge in [-0.3, -0.25) is 9.59 Å². The molecule has 122 valence electrons. The lowest BCUT2D eigenvalue weighted by Gasteiger charge is -2.46. The zero-order valence-corrected chi connectivity index (χ0v) is 15.4. The molecule has 0 spiro atoms. The van der Waals surface area contributed by atoms with E-state index in [1.54, 1.807) is 6.92 Å². The van der Waals surface area contributed by atoms with Crippen LogP contribution in [-0.2, 0) is 18.8 Å². The summed E-state index contributed by atoms with van der Waals surface area (Å²) in [6, 6.07) is -0.204. The molecule has 5 nitrogen and oxygen atoms in total. The largest absolute Gasteiger partial charge is 0.469 e. The molecule has 1 aliphatic rings. The minimum atomic E-state index is -1.94. The van der Waals surface area contributed by atoms with Crippen molar-refractivity contribution >= 4 is 20.2 Å². The van der Waals surface area contributed by atoms with Crippen molar-refractivity contribution in [3.05, 3.63) is 0 Å². The van der Waals surface area contributed by atoms with Crippen molar-refractivity contribution in [3.8, 4) is 0 Å². The first-order chi connectivity index (χ1) is 9.42. The third-order valence-corrected chi connectivity index (χ3v) is 9.48. The molecular weight excluding hydrogens is 286 g/mol. The summed E-state index contributed by atoms with van der Waals surface area (Å²) < 4.78 is 11.1. The van der Waals surface area contributed by atoms with Crippen molar-refractivity contribution < 1.29 is 18.8 Å². The Hall–Kier alpha value is -0.883. The summed E-state index contributed by atoms with van der Waals surface area (Å²) in [5.41, 5.74) is 0. The molecule has 0 aromatic rings. The molecule has 6 heteroatoms. The van der Waals surface area contributed by atoms with Crippen molar-refractivity contribution in [2.75, 3.05) is 7.11 Å². The highest BCUT2D eigenvalue weighted by Crippen LogP contribution is 2.39. The molecule has 21 heavy (non-hydrogen) atoms. The van der Waals surface area contributed by atoms with Crippen LogP contribution in [0.2, 0.25) is 18.1 Å². The molecule has 1 N–H and O–H groups in total. The average Bonchev–Trinajstić information content (AvgIpc) is 2.31. The van der Waals surface area contributed by atoms with Crippen molar-refractivity contribution in [1.82, 2.24) is 5.32 Å². The summed E-state index contributed by atoms with van der Waals surface area (Å²) in [6.07, 6.45) is -0.197. The summed E-state index contributed by atoms with van der Waals surface area (Å²) in [7, 11) is -0.574. The Bertz CT molecular complexity index is 416. The third kappa shape index (κ3) is 3.66. The van der Waals surface area contributed by atoms with E-state index in [2.05, 4.69) is 39.2 Å². The summed E-state index contributed by atoms with van der Waals surface area (Å²) in [6.45, 7) is 14.5. The first kappa shape index (κ1) is 18.2. The summed E-state index contributed by atoms with van der Waals surface area (Å²) in [5, 5.41) is 2.90. The van der Waals surface area contributed by atoms with E-state index in [1.165, 1.54) is 7.11 Å². The number of methoxy groups -OCH3 is 1. The number of nitrogens with one attached hydrogen (secondary N) is 1. The highest BCUT2D eigenvalue weighted by Gasteiger charge is 2.50. The molecule has 0 aromatic heterocycles. The number of hydrogen-bond acceptors (Lipinski definition) is 4. The molecule has 1 saturated heterocycles. The van der Waals surface area contributed by atoms with E-state index in [-0.39, 0.29) is 40.9 Å². The van der Waals surface area contributed by atoms with Gasteiger partial charge in [0, 0.05) is 0 Å². The van der Waals surface area contributed by atoms with Crippen LogP contribution in [0.1, 0.15) is 34.6 Å². The van der Waals surface area contributed by atoms with Gasteiger partial charge in [0.2, 0.25) is 5.91 Å². The van der Waals surface area contributed by atoms with Crippen molar-refractivity contribution in [2.45, 2.75) is 64.9 Å². The van der Waals surface area contributed by atoms with Crippen LogP contribution in [0.5, 0.6) is 0 Å². The highest BCUT2D eigenvalue weighted by atomic mass is 28.4. The SMILES string of the molecule is COC(=O)[C@H](C)[C@H]1NC(=O)[C@@H]1[C@@H](C)O[Si](C)(C)C(C)(C)C. The molecule has 0 saturated carbocycles. The maximum Gasteiger partial charge on any atom is 0.310 e. The van der Waals surface area contributed by atoms with Gasteiger partial charge < -0.3 is 14.5 Å². The quantitative estimate of drug-likeness (QED) is 0.480. The number of hydrogen-bond donors (Lipinski definition) is 1. The molecule has 0 aromatic carbocycles. The Morgan fingerprint density at radius 3 is 2.19 bits per heavy atom. The molecule has 1 aliphatic heterocycles. The Balaban J connectivity index is 2.79. The fraction of sp³-hybridized carbons (Fsp3) is 0.867. The Labute approximate surface area is 128 Å². The van der Waals surface area contributed by atoms with E-state index in [9.17, 15) is 9.59 Å². The van der Waals surface area contributed by atoms with Gasteiger partial charge in [-0.25, -0.2) is 0 Å². The number of rotatable bonds is 5. The van der Waals surface area contributed by atoms with Crippen molar-refractivity contribution in [3.63, 3.8) is 0 Å². The van der Waals surface area contributed by atoms with Gasteiger partial charge in [0.25, 0.3) is 0 Å². The monoisotopic (exact) mass is 315 g/mol. The Morgan fingerprint density at radius 2 is 1.81 bits per heavy atom. The van der Waals surface area contributed by atoms with Gasteiger partial charge in [-0.2, -0.15) is 0 Å². The first-order valence-corrected chi connectivity index (χ1v) is 10.4. The Morgan fingerprint density at radius 1 is 1.29 bits per heavy atom. The number of ether oxygens (including phenoxy) is 1. The molecule has 1 heterocycles. The molecule has 1 amide bonds. The van der Waals surface area contributed by atoms with Crippen LogP contribution in [0.25, 0.3) is 0 Å². The van der Waals surface area contributed by atoms with Gasteiger partial charge in [-0.15, -0.1) is 0 Å². The van der Waals surface area contributed by atoms with E-state index >= 15 is 0 Å². The van der Waals surface area contributed by atoms with Crippen LogP contribution in [0.3, 0.4) is 0 Å². The summed E-state index contributed by atoms with van der Waals surface area (Å²) in [4.78, 5) is 23.6. The predicted molar refractivity (Wildman–Crippen MR) is 84.3 cm³/mol. The van der Waals surface area contributed by atoms with Gasteiger partial charge in [0.1, 0.15) is 0 Å². The molecule has 0 aliphatic carbocycles. The van der Waals surface area contributed by atoms with Crippen LogP contribution in [-0.4, -0.2) is 39.4 Å². The molecule has 1 fully saturated rings. The van der Waals surface area contributed by atoms with Crippen LogP contribution >= 0.6 is 0 Å². The minimum Gasteiger partial charge on any atom is -0.469 e.